The fraction of sp³-hybridized carbons (Fsp3) is 0.133. The lowest BCUT2D eigenvalue weighted by molar-refractivity contribution is 0.395. The number of hydrogen-bond acceptors (Lipinski definition) is 3. The van der Waals surface area contributed by atoms with Crippen LogP contribution in [0.3, 0.4) is 0 Å². The number of thiocarbonyl (C=S) groups is 1. The van der Waals surface area contributed by atoms with E-state index in [-0.39, 0.29) is 5.11 Å². The molecular weight excluding hydrogens is 310 g/mol. The second kappa shape index (κ2) is 7.04. The normalized spacial score (nSPS) is 10.0. The summed E-state index contributed by atoms with van der Waals surface area (Å²) in [6.45, 7) is 0. The van der Waals surface area contributed by atoms with Crippen LogP contribution in [0.4, 0.5) is 20.2 Å². The van der Waals surface area contributed by atoms with E-state index in [0.29, 0.717) is 22.9 Å². The Morgan fingerprint density at radius 2 is 1.45 bits per heavy atom. The maximum Gasteiger partial charge on any atom is 0.175 e. The van der Waals surface area contributed by atoms with Gasteiger partial charge in [-0.15, -0.1) is 0 Å². The molecule has 0 bridgehead atoms. The van der Waals surface area contributed by atoms with Gasteiger partial charge in [-0.1, -0.05) is 0 Å². The lowest BCUT2D eigenvalue weighted by Gasteiger charge is -2.13. The first-order chi connectivity index (χ1) is 10.5. The smallest absolute Gasteiger partial charge is 0.175 e. The molecule has 0 aromatic heterocycles. The summed E-state index contributed by atoms with van der Waals surface area (Å²) in [6.07, 6.45) is 0. The van der Waals surface area contributed by atoms with Crippen LogP contribution >= 0.6 is 12.2 Å². The van der Waals surface area contributed by atoms with Crippen LogP contribution in [0.25, 0.3) is 0 Å². The van der Waals surface area contributed by atoms with E-state index in [2.05, 4.69) is 10.6 Å². The van der Waals surface area contributed by atoms with Gasteiger partial charge in [-0.2, -0.15) is 0 Å². The highest BCUT2D eigenvalue weighted by molar-refractivity contribution is 7.80. The van der Waals surface area contributed by atoms with Gasteiger partial charge in [0.05, 0.1) is 14.2 Å². The van der Waals surface area contributed by atoms with Gasteiger partial charge in [0.1, 0.15) is 11.5 Å². The monoisotopic (exact) mass is 324 g/mol. The maximum atomic E-state index is 13.1. The van der Waals surface area contributed by atoms with Crippen molar-refractivity contribution < 1.29 is 18.3 Å². The number of rotatable bonds is 4. The molecule has 116 valence electrons. The fourth-order valence-electron chi connectivity index (χ4n) is 1.75. The lowest BCUT2D eigenvalue weighted by Crippen LogP contribution is -2.19. The molecule has 0 saturated carbocycles. The Hall–Kier alpha value is -2.41. The van der Waals surface area contributed by atoms with Crippen molar-refractivity contribution in [3.05, 3.63) is 48.0 Å². The van der Waals surface area contributed by atoms with E-state index in [1.165, 1.54) is 20.3 Å². The minimum atomic E-state index is -0.948. The summed E-state index contributed by atoms with van der Waals surface area (Å²) in [5.74, 6) is -0.673. The molecule has 0 aliphatic heterocycles. The van der Waals surface area contributed by atoms with Crippen LogP contribution in [0.15, 0.2) is 36.4 Å². The number of anilines is 2. The van der Waals surface area contributed by atoms with E-state index in [0.717, 1.165) is 12.1 Å². The molecule has 7 heteroatoms. The molecule has 0 amide bonds. The third-order valence-corrected chi connectivity index (χ3v) is 2.99. The van der Waals surface area contributed by atoms with E-state index in [1.807, 2.05) is 0 Å². The molecule has 0 fully saturated rings. The number of benzene rings is 2. The lowest BCUT2D eigenvalue weighted by atomic mass is 10.2. The van der Waals surface area contributed by atoms with E-state index in [1.54, 1.807) is 18.2 Å². The van der Waals surface area contributed by atoms with Gasteiger partial charge in [0.25, 0.3) is 0 Å². The van der Waals surface area contributed by atoms with Crippen LogP contribution in [0.5, 0.6) is 11.5 Å². The molecule has 0 aliphatic rings. The topological polar surface area (TPSA) is 42.5 Å². The Balaban J connectivity index is 2.09. The summed E-state index contributed by atoms with van der Waals surface area (Å²) in [6, 6.07) is 8.60. The van der Waals surface area contributed by atoms with Gasteiger partial charge in [0.15, 0.2) is 16.7 Å². The Kier molecular flexibility index (Phi) is 5.11. The van der Waals surface area contributed by atoms with Gasteiger partial charge >= 0.3 is 0 Å². The van der Waals surface area contributed by atoms with Crippen LogP contribution < -0.4 is 20.1 Å². The molecule has 4 nitrogen and oxygen atoms in total. The van der Waals surface area contributed by atoms with E-state index in [9.17, 15) is 8.78 Å². The molecule has 0 spiro atoms. The van der Waals surface area contributed by atoms with Crippen molar-refractivity contribution in [2.75, 3.05) is 24.9 Å². The first kappa shape index (κ1) is 16.0. The van der Waals surface area contributed by atoms with Gasteiger partial charge in [0, 0.05) is 35.6 Å². The zero-order chi connectivity index (χ0) is 16.1. The highest BCUT2D eigenvalue weighted by Gasteiger charge is 2.06. The molecule has 0 atom stereocenters. The second-order valence-electron chi connectivity index (χ2n) is 4.31. The largest absolute Gasteiger partial charge is 0.497 e. The maximum absolute atomic E-state index is 13.1. The van der Waals surface area contributed by atoms with E-state index in [4.69, 9.17) is 21.7 Å². The van der Waals surface area contributed by atoms with Crippen molar-refractivity contribution in [1.82, 2.24) is 0 Å². The number of ether oxygens (including phenoxy) is 2. The molecule has 2 N–H and O–H groups in total. The van der Waals surface area contributed by atoms with Crippen molar-refractivity contribution in [2.45, 2.75) is 0 Å². The van der Waals surface area contributed by atoms with Crippen LogP contribution in [0.2, 0.25) is 0 Å². The van der Waals surface area contributed by atoms with Crippen LogP contribution in [-0.4, -0.2) is 19.3 Å². The summed E-state index contributed by atoms with van der Waals surface area (Å²) >= 11 is 5.13. The van der Waals surface area contributed by atoms with Crippen LogP contribution in [0.1, 0.15) is 0 Å². The van der Waals surface area contributed by atoms with E-state index < -0.39 is 11.6 Å². The van der Waals surface area contributed by atoms with Crippen LogP contribution in [-0.2, 0) is 0 Å². The Labute approximate surface area is 132 Å². The summed E-state index contributed by atoms with van der Waals surface area (Å²) < 4.78 is 36.3. The number of nitrogens with one attached hydrogen (secondary N) is 2. The quantitative estimate of drug-likeness (QED) is 0.838. The van der Waals surface area contributed by atoms with Crippen LogP contribution in [0, 0.1) is 11.6 Å². The zero-order valence-electron chi connectivity index (χ0n) is 11.9. The average Bonchev–Trinajstić information content (AvgIpc) is 2.50. The third kappa shape index (κ3) is 4.05. The third-order valence-electron chi connectivity index (χ3n) is 2.79. The standard InChI is InChI=1S/C15H14F2N2O2S/c1-20-11-5-10(6-12(8-11)21-2)19-15(22)18-9-3-4-13(16)14(17)7-9/h3-8H,1-2H3,(H2,18,19,22). The molecule has 2 aromatic carbocycles. The van der Waals surface area contributed by atoms with Crippen molar-refractivity contribution in [3.8, 4) is 11.5 Å². The predicted molar refractivity (Wildman–Crippen MR) is 85.7 cm³/mol. The highest BCUT2D eigenvalue weighted by atomic mass is 32.1. The highest BCUT2D eigenvalue weighted by Crippen LogP contribution is 2.26. The van der Waals surface area contributed by atoms with Crippen molar-refractivity contribution in [2.24, 2.45) is 0 Å². The molecule has 0 saturated heterocycles. The SMILES string of the molecule is COc1cc(NC(=S)Nc2ccc(F)c(F)c2)cc(OC)c1. The summed E-state index contributed by atoms with van der Waals surface area (Å²) in [5, 5.41) is 5.91. The second-order valence-corrected chi connectivity index (χ2v) is 4.72. The van der Waals surface area contributed by atoms with Crippen molar-refractivity contribution in [1.29, 1.82) is 0 Å². The molecule has 0 radical (unpaired) electrons. The van der Waals surface area contributed by atoms with E-state index >= 15 is 0 Å². The van der Waals surface area contributed by atoms with Crippen molar-refractivity contribution in [3.63, 3.8) is 0 Å². The fourth-order valence-corrected chi connectivity index (χ4v) is 1.98. The summed E-state index contributed by atoms with van der Waals surface area (Å²) in [7, 11) is 3.08. The van der Waals surface area contributed by atoms with Gasteiger partial charge in [-0.3, -0.25) is 0 Å². The molecular formula is C15H14F2N2O2S. The minimum absolute atomic E-state index is 0.223. The first-order valence-electron chi connectivity index (χ1n) is 6.28. The Morgan fingerprint density at radius 1 is 0.864 bits per heavy atom. The Morgan fingerprint density at radius 3 is 2.00 bits per heavy atom. The number of hydrogen-bond donors (Lipinski definition) is 2. The summed E-state index contributed by atoms with van der Waals surface area (Å²) in [4.78, 5) is 0. The minimum Gasteiger partial charge on any atom is -0.497 e. The van der Waals surface area contributed by atoms with Gasteiger partial charge in [-0.25, -0.2) is 8.78 Å². The molecule has 0 unspecified atom stereocenters. The predicted octanol–water partition coefficient (Wildman–Crippen LogP) is 3.79. The van der Waals surface area contributed by atoms with Gasteiger partial charge in [-0.05, 0) is 24.4 Å². The summed E-state index contributed by atoms with van der Waals surface area (Å²) in [5.41, 5.74) is 0.975. The molecule has 2 rings (SSSR count). The average molecular weight is 324 g/mol. The zero-order valence-corrected chi connectivity index (χ0v) is 12.8. The first-order valence-corrected chi connectivity index (χ1v) is 6.69. The number of halogens is 2. The van der Waals surface area contributed by atoms with Crippen molar-refractivity contribution >= 4 is 28.7 Å². The Bertz CT molecular complexity index is 673. The molecule has 0 aliphatic carbocycles. The molecule has 0 heterocycles. The number of methoxy groups -OCH3 is 2. The van der Waals surface area contributed by atoms with Gasteiger partial charge < -0.3 is 20.1 Å². The molecule has 22 heavy (non-hydrogen) atoms. The van der Waals surface area contributed by atoms with Gasteiger partial charge in [0.2, 0.25) is 0 Å². The molecule has 2 aromatic rings.